The van der Waals surface area contributed by atoms with E-state index in [4.69, 9.17) is 16.3 Å². The fourth-order valence-corrected chi connectivity index (χ4v) is 2.40. The Hall–Kier alpha value is -2.80. The largest absolute Gasteiger partial charge is 0.470 e. The number of aromatic nitrogens is 4. The molecule has 0 bridgehead atoms. The van der Waals surface area contributed by atoms with Gasteiger partial charge in [-0.15, -0.1) is 0 Å². The average molecular weight is 360 g/mol. The van der Waals surface area contributed by atoms with Crippen LogP contribution in [0.25, 0.3) is 0 Å². The first-order valence-corrected chi connectivity index (χ1v) is 8.08. The SMILES string of the molecule is Cc1ccc(Cl)c(OCn2ccc(C(=O)NCc3ccn(C)n3)n2)c1. The predicted molar refractivity (Wildman–Crippen MR) is 93.4 cm³/mol. The average Bonchev–Trinajstić information content (AvgIpc) is 3.22. The molecule has 0 spiro atoms. The first-order chi connectivity index (χ1) is 12.0. The zero-order valence-corrected chi connectivity index (χ0v) is 14.7. The number of nitrogens with zero attached hydrogens (tertiary/aromatic N) is 4. The maximum atomic E-state index is 12.1. The van der Waals surface area contributed by atoms with Gasteiger partial charge < -0.3 is 10.1 Å². The number of nitrogens with one attached hydrogen (secondary N) is 1. The number of ether oxygens (including phenoxy) is 1. The molecule has 0 radical (unpaired) electrons. The quantitative estimate of drug-likeness (QED) is 0.734. The number of amides is 1. The minimum atomic E-state index is -0.266. The predicted octanol–water partition coefficient (Wildman–Crippen LogP) is 2.54. The topological polar surface area (TPSA) is 74.0 Å². The number of hydrogen-bond acceptors (Lipinski definition) is 4. The summed E-state index contributed by atoms with van der Waals surface area (Å²) in [5.41, 5.74) is 2.15. The first kappa shape index (κ1) is 17.0. The molecule has 3 rings (SSSR count). The molecule has 0 fully saturated rings. The highest BCUT2D eigenvalue weighted by molar-refractivity contribution is 6.32. The second-order valence-corrected chi connectivity index (χ2v) is 6.02. The van der Waals surface area contributed by atoms with Crippen molar-refractivity contribution in [3.8, 4) is 5.75 Å². The molecular formula is C17H18ClN5O2. The Bertz CT molecular complexity index is 887. The summed E-state index contributed by atoms with van der Waals surface area (Å²) in [4.78, 5) is 12.1. The summed E-state index contributed by atoms with van der Waals surface area (Å²) in [6.07, 6.45) is 3.50. The number of aryl methyl sites for hydroxylation is 2. The van der Waals surface area contributed by atoms with Crippen LogP contribution in [0.15, 0.2) is 42.7 Å². The minimum Gasteiger partial charge on any atom is -0.470 e. The highest BCUT2D eigenvalue weighted by atomic mass is 35.5. The summed E-state index contributed by atoms with van der Waals surface area (Å²) in [5, 5.41) is 11.7. The van der Waals surface area contributed by atoms with E-state index in [0.29, 0.717) is 23.0 Å². The van der Waals surface area contributed by atoms with E-state index in [9.17, 15) is 4.79 Å². The zero-order valence-electron chi connectivity index (χ0n) is 13.9. The van der Waals surface area contributed by atoms with Gasteiger partial charge in [-0.25, -0.2) is 4.68 Å². The molecule has 0 saturated heterocycles. The lowest BCUT2D eigenvalue weighted by Gasteiger charge is -2.08. The molecule has 1 amide bonds. The van der Waals surface area contributed by atoms with E-state index in [-0.39, 0.29) is 12.6 Å². The monoisotopic (exact) mass is 359 g/mol. The van der Waals surface area contributed by atoms with Gasteiger partial charge in [0.05, 0.1) is 17.3 Å². The Morgan fingerprint density at radius 1 is 1.24 bits per heavy atom. The van der Waals surface area contributed by atoms with Gasteiger partial charge in [0.2, 0.25) is 0 Å². The van der Waals surface area contributed by atoms with Crippen LogP contribution < -0.4 is 10.1 Å². The van der Waals surface area contributed by atoms with Gasteiger partial charge in [-0.3, -0.25) is 9.48 Å². The van der Waals surface area contributed by atoms with Crippen molar-refractivity contribution < 1.29 is 9.53 Å². The van der Waals surface area contributed by atoms with Gasteiger partial charge in [0.1, 0.15) is 11.4 Å². The molecule has 0 unspecified atom stereocenters. The third-order valence-corrected chi connectivity index (χ3v) is 3.82. The molecule has 0 atom stereocenters. The summed E-state index contributed by atoms with van der Waals surface area (Å²) in [6, 6.07) is 9.03. The minimum absolute atomic E-state index is 0.163. The van der Waals surface area contributed by atoms with Crippen LogP contribution in [0.2, 0.25) is 5.02 Å². The van der Waals surface area contributed by atoms with Crippen molar-refractivity contribution in [2.24, 2.45) is 7.05 Å². The third-order valence-electron chi connectivity index (χ3n) is 3.51. The van der Waals surface area contributed by atoms with Crippen LogP contribution in [-0.2, 0) is 20.3 Å². The van der Waals surface area contributed by atoms with Crippen LogP contribution >= 0.6 is 11.6 Å². The van der Waals surface area contributed by atoms with Crippen LogP contribution in [0.4, 0.5) is 0 Å². The molecule has 1 N–H and O–H groups in total. The molecule has 2 aromatic heterocycles. The Kier molecular flexibility index (Phi) is 5.04. The fourth-order valence-electron chi connectivity index (χ4n) is 2.23. The van der Waals surface area contributed by atoms with Crippen molar-refractivity contribution in [1.82, 2.24) is 24.9 Å². The van der Waals surface area contributed by atoms with Crippen molar-refractivity contribution >= 4 is 17.5 Å². The zero-order chi connectivity index (χ0) is 17.8. The first-order valence-electron chi connectivity index (χ1n) is 7.70. The van der Waals surface area contributed by atoms with Crippen LogP contribution in [-0.4, -0.2) is 25.5 Å². The smallest absolute Gasteiger partial charge is 0.272 e. The lowest BCUT2D eigenvalue weighted by molar-refractivity contribution is 0.0943. The van der Waals surface area contributed by atoms with E-state index in [1.54, 1.807) is 23.0 Å². The van der Waals surface area contributed by atoms with E-state index in [2.05, 4.69) is 15.5 Å². The van der Waals surface area contributed by atoms with E-state index in [1.165, 1.54) is 4.68 Å². The molecule has 1 aromatic carbocycles. The van der Waals surface area contributed by atoms with Gasteiger partial charge in [0.15, 0.2) is 6.73 Å². The molecule has 25 heavy (non-hydrogen) atoms. The maximum Gasteiger partial charge on any atom is 0.272 e. The lowest BCUT2D eigenvalue weighted by Crippen LogP contribution is -2.24. The van der Waals surface area contributed by atoms with E-state index >= 15 is 0 Å². The van der Waals surface area contributed by atoms with Crippen molar-refractivity contribution in [2.75, 3.05) is 0 Å². The maximum absolute atomic E-state index is 12.1. The van der Waals surface area contributed by atoms with E-state index in [1.807, 2.05) is 38.4 Å². The van der Waals surface area contributed by atoms with Crippen molar-refractivity contribution in [3.05, 3.63) is 64.7 Å². The number of benzene rings is 1. The number of hydrogen-bond donors (Lipinski definition) is 1. The van der Waals surface area contributed by atoms with Crippen molar-refractivity contribution in [2.45, 2.75) is 20.2 Å². The third kappa shape index (κ3) is 4.39. The molecule has 0 aliphatic rings. The molecule has 0 aliphatic carbocycles. The van der Waals surface area contributed by atoms with Gasteiger partial charge in [0, 0.05) is 19.4 Å². The Morgan fingerprint density at radius 3 is 2.84 bits per heavy atom. The number of halogens is 1. The number of carbonyl (C=O) groups excluding carboxylic acids is 1. The summed E-state index contributed by atoms with van der Waals surface area (Å²) in [7, 11) is 1.83. The number of carbonyl (C=O) groups is 1. The molecule has 0 saturated carbocycles. The van der Waals surface area contributed by atoms with Crippen molar-refractivity contribution in [3.63, 3.8) is 0 Å². The second-order valence-electron chi connectivity index (χ2n) is 5.61. The van der Waals surface area contributed by atoms with Crippen molar-refractivity contribution in [1.29, 1.82) is 0 Å². The Balaban J connectivity index is 1.56. The molecule has 2 heterocycles. The standard InChI is InChI=1S/C17H18ClN5O2/c1-12-3-4-14(18)16(9-12)25-11-23-8-6-15(21-23)17(24)19-10-13-5-7-22(2)20-13/h3-9H,10-11H2,1-2H3,(H,19,24). The molecule has 0 aliphatic heterocycles. The molecule has 8 heteroatoms. The fraction of sp³-hybridized carbons (Fsp3) is 0.235. The molecule has 3 aromatic rings. The molecule has 130 valence electrons. The van der Waals surface area contributed by atoms with Gasteiger partial charge in [0.25, 0.3) is 5.91 Å². The Morgan fingerprint density at radius 2 is 2.08 bits per heavy atom. The van der Waals surface area contributed by atoms with Gasteiger partial charge in [-0.05, 0) is 36.8 Å². The van der Waals surface area contributed by atoms with E-state index < -0.39 is 0 Å². The summed E-state index contributed by atoms with van der Waals surface area (Å²) in [6.45, 7) is 2.47. The van der Waals surface area contributed by atoms with Gasteiger partial charge in [-0.1, -0.05) is 17.7 Å². The highest BCUT2D eigenvalue weighted by Gasteiger charge is 2.10. The van der Waals surface area contributed by atoms with Crippen LogP contribution in [0.1, 0.15) is 21.7 Å². The number of rotatable bonds is 6. The second kappa shape index (κ2) is 7.40. The van der Waals surface area contributed by atoms with Crippen LogP contribution in [0.3, 0.4) is 0 Å². The summed E-state index contributed by atoms with van der Waals surface area (Å²) >= 11 is 6.09. The van der Waals surface area contributed by atoms with Crippen LogP contribution in [0.5, 0.6) is 5.75 Å². The van der Waals surface area contributed by atoms with E-state index in [0.717, 1.165) is 11.3 Å². The highest BCUT2D eigenvalue weighted by Crippen LogP contribution is 2.25. The summed E-state index contributed by atoms with van der Waals surface area (Å²) < 4.78 is 8.87. The van der Waals surface area contributed by atoms with Gasteiger partial charge in [-0.2, -0.15) is 10.2 Å². The van der Waals surface area contributed by atoms with Gasteiger partial charge >= 0.3 is 0 Å². The Labute approximate surface area is 150 Å². The molecule has 7 nitrogen and oxygen atoms in total. The molecular weight excluding hydrogens is 342 g/mol. The lowest BCUT2D eigenvalue weighted by atomic mass is 10.2. The summed E-state index contributed by atoms with van der Waals surface area (Å²) in [5.74, 6) is 0.316. The normalized spacial score (nSPS) is 10.7. The van der Waals surface area contributed by atoms with Crippen LogP contribution in [0, 0.1) is 6.92 Å².